The highest BCUT2D eigenvalue weighted by atomic mass is 35.5. The molecule has 0 unspecified atom stereocenters. The normalized spacial score (nSPS) is 10.7. The number of benzene rings is 3. The van der Waals surface area contributed by atoms with Gasteiger partial charge in [0.05, 0.1) is 16.8 Å². The summed E-state index contributed by atoms with van der Waals surface area (Å²) in [4.78, 5) is 24.3. The molecular formula is C22H16Cl2N2O3. The van der Waals surface area contributed by atoms with Crippen molar-refractivity contribution in [1.29, 1.82) is 0 Å². The molecule has 0 radical (unpaired) electrons. The van der Waals surface area contributed by atoms with Gasteiger partial charge in [0.1, 0.15) is 5.75 Å². The Morgan fingerprint density at radius 3 is 2.38 bits per heavy atom. The van der Waals surface area contributed by atoms with Crippen molar-refractivity contribution < 1.29 is 14.3 Å². The van der Waals surface area contributed by atoms with Crippen molar-refractivity contribution in [3.05, 3.63) is 99.0 Å². The first-order valence-electron chi connectivity index (χ1n) is 8.60. The van der Waals surface area contributed by atoms with E-state index in [1.807, 2.05) is 19.1 Å². The van der Waals surface area contributed by atoms with E-state index in [1.54, 1.807) is 42.5 Å². The van der Waals surface area contributed by atoms with Crippen LogP contribution in [0.25, 0.3) is 0 Å². The van der Waals surface area contributed by atoms with Crippen molar-refractivity contribution in [1.82, 2.24) is 5.43 Å². The van der Waals surface area contributed by atoms with Crippen molar-refractivity contribution in [2.45, 2.75) is 6.92 Å². The molecular weight excluding hydrogens is 411 g/mol. The summed E-state index contributed by atoms with van der Waals surface area (Å²) < 4.78 is 5.31. The van der Waals surface area contributed by atoms with E-state index in [0.717, 1.165) is 11.1 Å². The van der Waals surface area contributed by atoms with E-state index >= 15 is 0 Å². The van der Waals surface area contributed by atoms with E-state index in [4.69, 9.17) is 27.9 Å². The number of aryl methyl sites for hydroxylation is 1. The van der Waals surface area contributed by atoms with Gasteiger partial charge in [-0.15, -0.1) is 0 Å². The first-order chi connectivity index (χ1) is 13.9. The Labute approximate surface area is 177 Å². The lowest BCUT2D eigenvalue weighted by atomic mass is 10.1. The topological polar surface area (TPSA) is 67.8 Å². The van der Waals surface area contributed by atoms with Crippen LogP contribution in [-0.4, -0.2) is 18.1 Å². The molecule has 0 bridgehead atoms. The van der Waals surface area contributed by atoms with Crippen LogP contribution < -0.4 is 10.2 Å². The molecule has 7 heteroatoms. The van der Waals surface area contributed by atoms with E-state index in [1.165, 1.54) is 18.3 Å². The fraction of sp³-hybridized carbons (Fsp3) is 0.0455. The smallest absolute Gasteiger partial charge is 0.345 e. The van der Waals surface area contributed by atoms with E-state index in [2.05, 4.69) is 10.5 Å². The van der Waals surface area contributed by atoms with Gasteiger partial charge in [-0.25, -0.2) is 10.2 Å². The Hall–Kier alpha value is -3.15. The number of hydrogen-bond donors (Lipinski definition) is 1. The van der Waals surface area contributed by atoms with Crippen molar-refractivity contribution in [3.63, 3.8) is 0 Å². The Bertz CT molecular complexity index is 1080. The van der Waals surface area contributed by atoms with Crippen LogP contribution in [0.4, 0.5) is 0 Å². The van der Waals surface area contributed by atoms with Crippen LogP contribution in [0.2, 0.25) is 10.0 Å². The maximum Gasteiger partial charge on any atom is 0.345 e. The minimum Gasteiger partial charge on any atom is -0.423 e. The van der Waals surface area contributed by atoms with Crippen LogP contribution in [0, 0.1) is 6.92 Å². The Morgan fingerprint density at radius 1 is 0.966 bits per heavy atom. The highest BCUT2D eigenvalue weighted by Gasteiger charge is 2.13. The molecule has 0 heterocycles. The third-order valence-electron chi connectivity index (χ3n) is 4.01. The van der Waals surface area contributed by atoms with Gasteiger partial charge >= 0.3 is 5.97 Å². The zero-order chi connectivity index (χ0) is 20.8. The molecule has 0 aliphatic heterocycles. The molecule has 1 amide bonds. The summed E-state index contributed by atoms with van der Waals surface area (Å²) in [5.74, 6) is -0.523. The van der Waals surface area contributed by atoms with Gasteiger partial charge in [0.25, 0.3) is 5.91 Å². The summed E-state index contributed by atoms with van der Waals surface area (Å²) in [5.41, 5.74) is 4.86. The number of nitrogens with zero attached hydrogens (tertiary/aromatic N) is 1. The van der Waals surface area contributed by atoms with E-state index in [0.29, 0.717) is 16.3 Å². The second-order valence-corrected chi connectivity index (χ2v) is 6.94. The van der Waals surface area contributed by atoms with Gasteiger partial charge in [-0.2, -0.15) is 5.10 Å². The molecule has 146 valence electrons. The number of ether oxygens (including phenoxy) is 1. The van der Waals surface area contributed by atoms with Crippen LogP contribution in [0.5, 0.6) is 5.75 Å². The number of nitrogens with one attached hydrogen (secondary N) is 1. The van der Waals surface area contributed by atoms with Crippen LogP contribution in [0.1, 0.15) is 31.8 Å². The highest BCUT2D eigenvalue weighted by molar-refractivity contribution is 6.36. The molecule has 1 N–H and O–H groups in total. The van der Waals surface area contributed by atoms with E-state index in [-0.39, 0.29) is 16.5 Å². The molecule has 0 saturated heterocycles. The number of carbonyl (C=O) groups excluding carboxylic acids is 2. The lowest BCUT2D eigenvalue weighted by molar-refractivity contribution is 0.0734. The molecule has 0 fully saturated rings. The number of amides is 1. The number of rotatable bonds is 5. The minimum atomic E-state index is -0.585. The van der Waals surface area contributed by atoms with Gasteiger partial charge in [-0.3, -0.25) is 4.79 Å². The summed E-state index contributed by atoms with van der Waals surface area (Å²) in [6.07, 6.45) is 1.50. The number of esters is 1. The molecule has 0 saturated carbocycles. The average molecular weight is 427 g/mol. The molecule has 3 rings (SSSR count). The fourth-order valence-corrected chi connectivity index (χ4v) is 2.98. The summed E-state index contributed by atoms with van der Waals surface area (Å²) >= 11 is 11.8. The lowest BCUT2D eigenvalue weighted by Crippen LogP contribution is -2.18. The predicted octanol–water partition coefficient (Wildman–Crippen LogP) is 5.28. The largest absolute Gasteiger partial charge is 0.423 e. The van der Waals surface area contributed by atoms with Crippen LogP contribution in [0.3, 0.4) is 0 Å². The average Bonchev–Trinajstić information content (AvgIpc) is 2.69. The van der Waals surface area contributed by atoms with Gasteiger partial charge in [0.2, 0.25) is 0 Å². The zero-order valence-corrected chi connectivity index (χ0v) is 16.9. The second kappa shape index (κ2) is 9.37. The Balaban J connectivity index is 1.60. The summed E-state index contributed by atoms with van der Waals surface area (Å²) in [7, 11) is 0. The minimum absolute atomic E-state index is 0.218. The van der Waals surface area contributed by atoms with Crippen LogP contribution in [-0.2, 0) is 0 Å². The lowest BCUT2D eigenvalue weighted by Gasteiger charge is -2.06. The molecule has 5 nitrogen and oxygen atoms in total. The molecule has 29 heavy (non-hydrogen) atoms. The first kappa shape index (κ1) is 20.6. The SMILES string of the molecule is Cc1ccccc1C(=O)N/N=C\c1ccc(OC(=O)c2ccc(Cl)cc2Cl)cc1. The monoisotopic (exact) mass is 426 g/mol. The van der Waals surface area contributed by atoms with Crippen LogP contribution >= 0.6 is 23.2 Å². The molecule has 0 spiro atoms. The molecule has 0 atom stereocenters. The quantitative estimate of drug-likeness (QED) is 0.261. The van der Waals surface area contributed by atoms with Gasteiger partial charge in [0.15, 0.2) is 0 Å². The molecule has 0 aliphatic rings. The third kappa shape index (κ3) is 5.44. The standard InChI is InChI=1S/C22H16Cl2N2O3/c1-14-4-2-3-5-18(14)21(27)26-25-13-15-6-9-17(10-7-15)29-22(28)19-11-8-16(23)12-20(19)24/h2-13H,1H3,(H,26,27)/b25-13-. The summed E-state index contributed by atoms with van der Waals surface area (Å²) in [6, 6.07) is 18.4. The van der Waals surface area contributed by atoms with E-state index < -0.39 is 5.97 Å². The molecule has 3 aromatic rings. The number of hydrogen-bond acceptors (Lipinski definition) is 4. The highest BCUT2D eigenvalue weighted by Crippen LogP contribution is 2.23. The van der Waals surface area contributed by atoms with Crippen molar-refractivity contribution >= 4 is 41.3 Å². The molecule has 0 aliphatic carbocycles. The van der Waals surface area contributed by atoms with Crippen LogP contribution in [0.15, 0.2) is 71.8 Å². The molecule has 3 aromatic carbocycles. The summed E-state index contributed by atoms with van der Waals surface area (Å²) in [5, 5.41) is 4.61. The number of halogens is 2. The Kier molecular flexibility index (Phi) is 6.65. The Morgan fingerprint density at radius 2 is 1.69 bits per heavy atom. The summed E-state index contributed by atoms with van der Waals surface area (Å²) in [6.45, 7) is 1.86. The van der Waals surface area contributed by atoms with Gasteiger partial charge in [0, 0.05) is 10.6 Å². The maximum absolute atomic E-state index is 12.2. The zero-order valence-electron chi connectivity index (χ0n) is 15.4. The predicted molar refractivity (Wildman–Crippen MR) is 114 cm³/mol. The number of hydrazone groups is 1. The maximum atomic E-state index is 12.2. The van der Waals surface area contributed by atoms with Crippen molar-refractivity contribution in [2.75, 3.05) is 0 Å². The van der Waals surface area contributed by atoms with Crippen molar-refractivity contribution in [3.8, 4) is 5.75 Å². The third-order valence-corrected chi connectivity index (χ3v) is 4.56. The second-order valence-electron chi connectivity index (χ2n) is 6.10. The van der Waals surface area contributed by atoms with Gasteiger partial charge in [-0.1, -0.05) is 41.4 Å². The van der Waals surface area contributed by atoms with Crippen molar-refractivity contribution in [2.24, 2.45) is 5.10 Å². The van der Waals surface area contributed by atoms with Gasteiger partial charge < -0.3 is 4.74 Å². The first-order valence-corrected chi connectivity index (χ1v) is 9.36. The van der Waals surface area contributed by atoms with E-state index in [9.17, 15) is 9.59 Å². The molecule has 0 aromatic heterocycles. The fourth-order valence-electron chi connectivity index (χ4n) is 2.49. The number of carbonyl (C=O) groups is 2. The van der Waals surface area contributed by atoms with Gasteiger partial charge in [-0.05, 0) is 66.6 Å².